The number of aromatic nitrogens is 1. The van der Waals surface area contributed by atoms with Gasteiger partial charge in [-0.1, -0.05) is 0 Å². The molecule has 0 saturated heterocycles. The summed E-state index contributed by atoms with van der Waals surface area (Å²) in [5.74, 6) is 2.03. The number of oxazole rings is 1. The molecule has 142 valence electrons. The van der Waals surface area contributed by atoms with E-state index in [1.165, 1.54) is 24.3 Å². The Kier molecular flexibility index (Phi) is 7.40. The summed E-state index contributed by atoms with van der Waals surface area (Å²) in [5.41, 5.74) is 0.849. The number of guanidine groups is 1. The number of aliphatic hydroxyl groups is 1. The molecular weight excluding hydrogens is 339 g/mol. The Morgan fingerprint density at radius 2 is 2.04 bits per heavy atom. The van der Waals surface area contributed by atoms with Crippen LogP contribution in [0.2, 0.25) is 0 Å². The van der Waals surface area contributed by atoms with Crippen LogP contribution in [0.5, 0.6) is 5.75 Å². The van der Waals surface area contributed by atoms with Gasteiger partial charge < -0.3 is 24.9 Å². The SMILES string of the molecule is CCNC(=NCc1nc(C)c(C)o1)NCC(O)COc1ccc(F)cc1. The molecule has 0 aliphatic carbocycles. The molecule has 0 fully saturated rings. The Hall–Kier alpha value is -2.61. The zero-order valence-corrected chi connectivity index (χ0v) is 15.3. The van der Waals surface area contributed by atoms with Gasteiger partial charge in [-0.25, -0.2) is 14.4 Å². The lowest BCUT2D eigenvalue weighted by molar-refractivity contribution is 0.110. The molecule has 0 amide bonds. The van der Waals surface area contributed by atoms with Crippen LogP contribution in [0.3, 0.4) is 0 Å². The number of aryl methyl sites for hydroxylation is 2. The minimum atomic E-state index is -0.755. The number of rotatable bonds is 8. The molecule has 0 radical (unpaired) electrons. The normalized spacial score (nSPS) is 12.7. The highest BCUT2D eigenvalue weighted by atomic mass is 19.1. The summed E-state index contributed by atoms with van der Waals surface area (Å²) < 4.78 is 23.8. The highest BCUT2D eigenvalue weighted by Crippen LogP contribution is 2.11. The lowest BCUT2D eigenvalue weighted by Gasteiger charge is -2.15. The number of nitrogens with one attached hydrogen (secondary N) is 2. The van der Waals surface area contributed by atoms with Crippen molar-refractivity contribution in [1.82, 2.24) is 15.6 Å². The molecule has 0 saturated carbocycles. The lowest BCUT2D eigenvalue weighted by atomic mass is 10.3. The fourth-order valence-electron chi connectivity index (χ4n) is 2.09. The Morgan fingerprint density at radius 1 is 1.31 bits per heavy atom. The van der Waals surface area contributed by atoms with Crippen LogP contribution in [0.15, 0.2) is 33.7 Å². The molecule has 2 aromatic rings. The summed E-state index contributed by atoms with van der Waals surface area (Å²) >= 11 is 0. The van der Waals surface area contributed by atoms with Crippen LogP contribution in [-0.2, 0) is 6.54 Å². The Balaban J connectivity index is 1.80. The van der Waals surface area contributed by atoms with Gasteiger partial charge in [0.15, 0.2) is 5.96 Å². The Labute approximate surface area is 152 Å². The van der Waals surface area contributed by atoms with Crippen LogP contribution < -0.4 is 15.4 Å². The first-order valence-corrected chi connectivity index (χ1v) is 8.49. The average Bonchev–Trinajstić information content (AvgIpc) is 2.95. The van der Waals surface area contributed by atoms with Gasteiger partial charge in [-0.05, 0) is 45.0 Å². The number of aliphatic imine (C=N–C) groups is 1. The van der Waals surface area contributed by atoms with Crippen LogP contribution in [0.1, 0.15) is 24.3 Å². The maximum Gasteiger partial charge on any atom is 0.216 e. The molecular formula is C18H25FN4O3. The number of hydrogen-bond acceptors (Lipinski definition) is 5. The van der Waals surface area contributed by atoms with Gasteiger partial charge in [0.2, 0.25) is 5.89 Å². The molecule has 1 heterocycles. The molecule has 8 heteroatoms. The molecule has 1 unspecified atom stereocenters. The Morgan fingerprint density at radius 3 is 2.65 bits per heavy atom. The minimum Gasteiger partial charge on any atom is -0.491 e. The van der Waals surface area contributed by atoms with Crippen molar-refractivity contribution in [2.24, 2.45) is 4.99 Å². The summed E-state index contributed by atoms with van der Waals surface area (Å²) in [6.45, 7) is 6.99. The second-order valence-corrected chi connectivity index (χ2v) is 5.74. The van der Waals surface area contributed by atoms with E-state index >= 15 is 0 Å². The van der Waals surface area contributed by atoms with Gasteiger partial charge in [-0.3, -0.25) is 0 Å². The van der Waals surface area contributed by atoms with Crippen LogP contribution in [0.25, 0.3) is 0 Å². The third kappa shape index (κ3) is 6.36. The van der Waals surface area contributed by atoms with Crippen molar-refractivity contribution in [3.63, 3.8) is 0 Å². The second kappa shape index (κ2) is 9.76. The quantitative estimate of drug-likeness (QED) is 0.490. The summed E-state index contributed by atoms with van der Waals surface area (Å²) in [6.07, 6.45) is -0.755. The number of nitrogens with zero attached hydrogens (tertiary/aromatic N) is 2. The van der Waals surface area contributed by atoms with Gasteiger partial charge >= 0.3 is 0 Å². The van der Waals surface area contributed by atoms with Crippen LogP contribution >= 0.6 is 0 Å². The van der Waals surface area contributed by atoms with Gasteiger partial charge in [-0.2, -0.15) is 0 Å². The van der Waals surface area contributed by atoms with Crippen molar-refractivity contribution in [2.45, 2.75) is 33.4 Å². The molecule has 1 atom stereocenters. The Bertz CT molecular complexity index is 696. The molecule has 1 aromatic heterocycles. The third-order valence-electron chi connectivity index (χ3n) is 3.55. The number of aliphatic hydroxyl groups excluding tert-OH is 1. The largest absolute Gasteiger partial charge is 0.491 e. The first-order valence-electron chi connectivity index (χ1n) is 8.49. The van der Waals surface area contributed by atoms with E-state index in [0.29, 0.717) is 30.7 Å². The van der Waals surface area contributed by atoms with Crippen LogP contribution in [-0.4, -0.2) is 41.9 Å². The standard InChI is InChI=1S/C18H25FN4O3/c1-4-20-18(22-10-17-23-12(2)13(3)26-17)21-9-15(24)11-25-16-7-5-14(19)6-8-16/h5-8,15,24H,4,9-11H2,1-3H3,(H2,20,21,22). The first-order chi connectivity index (χ1) is 12.5. The predicted molar refractivity (Wildman–Crippen MR) is 96.7 cm³/mol. The fourth-order valence-corrected chi connectivity index (χ4v) is 2.09. The van der Waals surface area contributed by atoms with Crippen molar-refractivity contribution in [1.29, 1.82) is 0 Å². The zero-order valence-electron chi connectivity index (χ0n) is 15.3. The first kappa shape index (κ1) is 19.7. The van der Waals surface area contributed by atoms with E-state index < -0.39 is 6.10 Å². The van der Waals surface area contributed by atoms with Crippen molar-refractivity contribution >= 4 is 5.96 Å². The summed E-state index contributed by atoms with van der Waals surface area (Å²) in [6, 6.07) is 5.65. The topological polar surface area (TPSA) is 91.9 Å². The monoisotopic (exact) mass is 364 g/mol. The zero-order chi connectivity index (χ0) is 18.9. The van der Waals surface area contributed by atoms with E-state index in [9.17, 15) is 9.50 Å². The van der Waals surface area contributed by atoms with E-state index in [2.05, 4.69) is 20.6 Å². The van der Waals surface area contributed by atoms with Gasteiger partial charge in [0.25, 0.3) is 0 Å². The maximum absolute atomic E-state index is 12.8. The molecule has 26 heavy (non-hydrogen) atoms. The van der Waals surface area contributed by atoms with Crippen molar-refractivity contribution < 1.29 is 18.7 Å². The fraction of sp³-hybridized carbons (Fsp3) is 0.444. The van der Waals surface area contributed by atoms with E-state index in [-0.39, 0.29) is 19.0 Å². The van der Waals surface area contributed by atoms with Gasteiger partial charge in [0, 0.05) is 13.1 Å². The average molecular weight is 364 g/mol. The van der Waals surface area contributed by atoms with Crippen LogP contribution in [0, 0.1) is 19.7 Å². The van der Waals surface area contributed by atoms with E-state index in [0.717, 1.165) is 11.5 Å². The van der Waals surface area contributed by atoms with Crippen molar-refractivity contribution in [3.8, 4) is 5.75 Å². The molecule has 0 bridgehead atoms. The lowest BCUT2D eigenvalue weighted by Crippen LogP contribution is -2.42. The summed E-state index contributed by atoms with van der Waals surface area (Å²) in [5, 5.41) is 16.2. The number of halogens is 1. The van der Waals surface area contributed by atoms with Gasteiger partial charge in [-0.15, -0.1) is 0 Å². The second-order valence-electron chi connectivity index (χ2n) is 5.74. The molecule has 7 nitrogen and oxygen atoms in total. The number of ether oxygens (including phenoxy) is 1. The van der Waals surface area contributed by atoms with Crippen molar-refractivity contribution in [2.75, 3.05) is 19.7 Å². The predicted octanol–water partition coefficient (Wildman–Crippen LogP) is 1.93. The molecule has 0 aliphatic heterocycles. The summed E-state index contributed by atoms with van der Waals surface area (Å²) in [7, 11) is 0. The highest BCUT2D eigenvalue weighted by molar-refractivity contribution is 5.79. The molecule has 2 rings (SSSR count). The van der Waals surface area contributed by atoms with Crippen molar-refractivity contribution in [3.05, 3.63) is 47.4 Å². The number of benzene rings is 1. The highest BCUT2D eigenvalue weighted by Gasteiger charge is 2.09. The molecule has 1 aromatic carbocycles. The van der Waals surface area contributed by atoms with Gasteiger partial charge in [0.1, 0.15) is 36.6 Å². The molecule has 3 N–H and O–H groups in total. The molecule has 0 aliphatic rings. The molecule has 0 spiro atoms. The maximum atomic E-state index is 12.8. The van der Waals surface area contributed by atoms with E-state index in [1.54, 1.807) is 0 Å². The summed E-state index contributed by atoms with van der Waals surface area (Å²) in [4.78, 5) is 8.66. The minimum absolute atomic E-state index is 0.0795. The smallest absolute Gasteiger partial charge is 0.216 e. The van der Waals surface area contributed by atoms with E-state index in [1.807, 2.05) is 20.8 Å². The van der Waals surface area contributed by atoms with Crippen LogP contribution in [0.4, 0.5) is 4.39 Å². The van der Waals surface area contributed by atoms with Gasteiger partial charge in [0.05, 0.1) is 5.69 Å². The third-order valence-corrected chi connectivity index (χ3v) is 3.55. The number of hydrogen-bond donors (Lipinski definition) is 3. The van der Waals surface area contributed by atoms with E-state index in [4.69, 9.17) is 9.15 Å².